The molecule has 4 nitrogen and oxygen atoms in total. The van der Waals surface area contributed by atoms with Crippen LogP contribution in [0.15, 0.2) is 48.5 Å². The molecule has 0 spiro atoms. The van der Waals surface area contributed by atoms with Crippen molar-refractivity contribution in [2.75, 3.05) is 10.2 Å². The molecule has 0 unspecified atom stereocenters. The van der Waals surface area contributed by atoms with Gasteiger partial charge in [0.2, 0.25) is 5.91 Å². The molecule has 1 fully saturated rings. The molecule has 0 bridgehead atoms. The number of carbonyl (C=O) groups excluding carboxylic acids is 2. The quantitative estimate of drug-likeness (QED) is 0.625. The van der Waals surface area contributed by atoms with Crippen LogP contribution in [0.1, 0.15) is 6.42 Å². The molecule has 2 aromatic rings. The first-order valence-corrected chi connectivity index (χ1v) is 7.77. The summed E-state index contributed by atoms with van der Waals surface area (Å²) < 4.78 is 14.2. The summed E-state index contributed by atoms with van der Waals surface area (Å²) in [5.41, 5.74) is 1.04. The Morgan fingerprint density at radius 3 is 2.55 bits per heavy atom. The normalized spacial score (nSPS) is 17.9. The number of halogens is 2. The molecule has 1 atom stereocenters. The van der Waals surface area contributed by atoms with E-state index < -0.39 is 11.9 Å². The van der Waals surface area contributed by atoms with Crippen LogP contribution in [-0.2, 0) is 9.59 Å². The molecule has 0 radical (unpaired) electrons. The summed E-state index contributed by atoms with van der Waals surface area (Å²) in [6.07, 6.45) is 0.0569. The summed E-state index contributed by atoms with van der Waals surface area (Å²) >= 11 is 2.16. The molecule has 1 N–H and O–H groups in total. The smallest absolute Gasteiger partial charge is 0.256 e. The topological polar surface area (TPSA) is 49.4 Å². The number of carbonyl (C=O) groups is 2. The SMILES string of the molecule is O=C1C[C@@H](Nc2cccc(F)c2)C(=O)N1c1ccc(I)cc1. The highest BCUT2D eigenvalue weighted by Crippen LogP contribution is 2.25. The van der Waals surface area contributed by atoms with Gasteiger partial charge in [-0.15, -0.1) is 0 Å². The minimum absolute atomic E-state index is 0.0569. The zero-order valence-corrected chi connectivity index (χ0v) is 13.6. The Kier molecular flexibility index (Phi) is 4.10. The third-order valence-corrected chi connectivity index (χ3v) is 4.12. The third-order valence-electron chi connectivity index (χ3n) is 3.40. The molecular formula is C16H12FIN2O2. The standard InChI is InChI=1S/C16H12FIN2O2/c17-10-2-1-3-12(8-10)19-14-9-15(21)20(16(14)22)13-6-4-11(18)5-7-13/h1-8,14,19H,9H2/t14-/m1/s1. The minimum Gasteiger partial charge on any atom is -0.373 e. The largest absolute Gasteiger partial charge is 0.373 e. The maximum absolute atomic E-state index is 13.2. The predicted octanol–water partition coefficient (Wildman–Crippen LogP) is 3.17. The van der Waals surface area contributed by atoms with E-state index in [0.29, 0.717) is 11.4 Å². The summed E-state index contributed by atoms with van der Waals surface area (Å²) in [6.45, 7) is 0. The Morgan fingerprint density at radius 1 is 1.14 bits per heavy atom. The van der Waals surface area contributed by atoms with Gasteiger partial charge in [-0.1, -0.05) is 6.07 Å². The number of amides is 2. The number of anilines is 2. The predicted molar refractivity (Wildman–Crippen MR) is 90.1 cm³/mol. The summed E-state index contributed by atoms with van der Waals surface area (Å²) in [4.78, 5) is 25.7. The van der Waals surface area contributed by atoms with Gasteiger partial charge in [-0.05, 0) is 65.1 Å². The first-order valence-electron chi connectivity index (χ1n) is 6.69. The fourth-order valence-corrected chi connectivity index (χ4v) is 2.75. The average molecular weight is 410 g/mol. The number of benzene rings is 2. The van der Waals surface area contributed by atoms with Gasteiger partial charge in [-0.2, -0.15) is 0 Å². The van der Waals surface area contributed by atoms with Crippen LogP contribution in [0, 0.1) is 9.39 Å². The maximum atomic E-state index is 13.2. The van der Waals surface area contributed by atoms with E-state index in [1.807, 2.05) is 12.1 Å². The number of nitrogens with zero attached hydrogens (tertiary/aromatic N) is 1. The number of hydrogen-bond donors (Lipinski definition) is 1. The first-order chi connectivity index (χ1) is 10.5. The van der Waals surface area contributed by atoms with Gasteiger partial charge in [0, 0.05) is 9.26 Å². The monoisotopic (exact) mass is 410 g/mol. The van der Waals surface area contributed by atoms with E-state index in [1.165, 1.54) is 17.0 Å². The van der Waals surface area contributed by atoms with Crippen molar-refractivity contribution in [2.24, 2.45) is 0 Å². The van der Waals surface area contributed by atoms with Gasteiger partial charge in [0.05, 0.1) is 12.1 Å². The lowest BCUT2D eigenvalue weighted by molar-refractivity contribution is -0.121. The number of nitrogens with one attached hydrogen (secondary N) is 1. The molecule has 0 aromatic heterocycles. The van der Waals surface area contributed by atoms with Crippen molar-refractivity contribution in [1.82, 2.24) is 0 Å². The van der Waals surface area contributed by atoms with Crippen molar-refractivity contribution in [2.45, 2.75) is 12.5 Å². The molecule has 0 aliphatic carbocycles. The summed E-state index contributed by atoms with van der Waals surface area (Å²) in [6, 6.07) is 12.3. The molecule has 1 saturated heterocycles. The Hall–Kier alpha value is -1.96. The van der Waals surface area contributed by atoms with Crippen LogP contribution in [0.3, 0.4) is 0 Å². The fourth-order valence-electron chi connectivity index (χ4n) is 2.39. The molecule has 3 rings (SSSR count). The molecule has 0 saturated carbocycles. The van der Waals surface area contributed by atoms with E-state index in [4.69, 9.17) is 0 Å². The Morgan fingerprint density at radius 2 is 1.86 bits per heavy atom. The van der Waals surface area contributed by atoms with E-state index in [1.54, 1.807) is 24.3 Å². The maximum Gasteiger partial charge on any atom is 0.256 e. The van der Waals surface area contributed by atoms with Crippen LogP contribution in [0.25, 0.3) is 0 Å². The highest BCUT2D eigenvalue weighted by molar-refractivity contribution is 14.1. The van der Waals surface area contributed by atoms with Crippen LogP contribution in [-0.4, -0.2) is 17.9 Å². The van der Waals surface area contributed by atoms with E-state index >= 15 is 0 Å². The highest BCUT2D eigenvalue weighted by Gasteiger charge is 2.39. The lowest BCUT2D eigenvalue weighted by Crippen LogP contribution is -2.34. The third kappa shape index (κ3) is 2.96. The van der Waals surface area contributed by atoms with Crippen LogP contribution in [0.5, 0.6) is 0 Å². The fraction of sp³-hybridized carbons (Fsp3) is 0.125. The van der Waals surface area contributed by atoms with E-state index in [9.17, 15) is 14.0 Å². The highest BCUT2D eigenvalue weighted by atomic mass is 127. The molecule has 6 heteroatoms. The van der Waals surface area contributed by atoms with Gasteiger partial charge >= 0.3 is 0 Å². The van der Waals surface area contributed by atoms with Gasteiger partial charge in [0.15, 0.2) is 0 Å². The van der Waals surface area contributed by atoms with Crippen LogP contribution in [0.4, 0.5) is 15.8 Å². The molecule has 1 heterocycles. The average Bonchev–Trinajstić information content (AvgIpc) is 2.75. The second kappa shape index (κ2) is 6.04. The Bertz CT molecular complexity index is 733. The number of rotatable bonds is 3. The summed E-state index contributed by atoms with van der Waals surface area (Å²) in [5, 5.41) is 2.92. The van der Waals surface area contributed by atoms with Crippen LogP contribution in [0.2, 0.25) is 0 Å². The van der Waals surface area contributed by atoms with Gasteiger partial charge in [0.1, 0.15) is 11.9 Å². The molecule has 1 aliphatic rings. The minimum atomic E-state index is -0.673. The number of hydrogen-bond acceptors (Lipinski definition) is 3. The summed E-state index contributed by atoms with van der Waals surface area (Å²) in [7, 11) is 0. The van der Waals surface area contributed by atoms with E-state index in [0.717, 1.165) is 3.57 Å². The van der Waals surface area contributed by atoms with E-state index in [-0.39, 0.29) is 18.2 Å². The van der Waals surface area contributed by atoms with Gasteiger partial charge in [-0.3, -0.25) is 9.59 Å². The van der Waals surface area contributed by atoms with Crippen LogP contribution >= 0.6 is 22.6 Å². The van der Waals surface area contributed by atoms with E-state index in [2.05, 4.69) is 27.9 Å². The second-order valence-corrected chi connectivity index (χ2v) is 6.20. The Balaban J connectivity index is 1.81. The molecule has 22 heavy (non-hydrogen) atoms. The van der Waals surface area contributed by atoms with Crippen LogP contribution < -0.4 is 10.2 Å². The second-order valence-electron chi connectivity index (χ2n) is 4.96. The van der Waals surface area contributed by atoms with Gasteiger partial charge in [-0.25, -0.2) is 9.29 Å². The van der Waals surface area contributed by atoms with Gasteiger partial charge in [0.25, 0.3) is 5.91 Å². The van der Waals surface area contributed by atoms with Gasteiger partial charge < -0.3 is 5.32 Å². The zero-order chi connectivity index (χ0) is 15.7. The molecule has 2 amide bonds. The number of imide groups is 1. The summed E-state index contributed by atoms with van der Waals surface area (Å²) in [5.74, 6) is -0.980. The van der Waals surface area contributed by atoms with Crippen molar-refractivity contribution in [3.05, 3.63) is 57.9 Å². The molecule has 112 valence electrons. The Labute approximate surface area is 140 Å². The van der Waals surface area contributed by atoms with Crippen molar-refractivity contribution < 1.29 is 14.0 Å². The first kappa shape index (κ1) is 15.0. The lowest BCUT2D eigenvalue weighted by Gasteiger charge is -2.16. The molecule has 1 aliphatic heterocycles. The van der Waals surface area contributed by atoms with Crippen molar-refractivity contribution >= 4 is 45.8 Å². The van der Waals surface area contributed by atoms with Crippen molar-refractivity contribution in [3.63, 3.8) is 0 Å². The zero-order valence-electron chi connectivity index (χ0n) is 11.4. The molecular weight excluding hydrogens is 398 g/mol. The van der Waals surface area contributed by atoms with Crippen molar-refractivity contribution in [3.8, 4) is 0 Å². The lowest BCUT2D eigenvalue weighted by atomic mass is 10.2. The van der Waals surface area contributed by atoms with Crippen molar-refractivity contribution in [1.29, 1.82) is 0 Å². The molecule has 2 aromatic carbocycles.